The fourth-order valence-corrected chi connectivity index (χ4v) is 2.65. The third-order valence-electron chi connectivity index (χ3n) is 3.82. The van der Waals surface area contributed by atoms with Gasteiger partial charge in [-0.1, -0.05) is 6.07 Å². The number of hydrogen-bond acceptors (Lipinski definition) is 2. The van der Waals surface area contributed by atoms with E-state index in [-0.39, 0.29) is 0 Å². The molecule has 3 heteroatoms. The second-order valence-electron chi connectivity index (χ2n) is 5.14. The standard InChI is InChI=1S/C14H17NO2/c16-14(17)10-3-6-13-9(7-10)1-2-11(13)8-15-12-4-5-12/h3,6-7,11-12,15H,1-2,4-5,8H2,(H,16,17). The van der Waals surface area contributed by atoms with Crippen LogP contribution in [0.1, 0.15) is 46.7 Å². The monoisotopic (exact) mass is 231 g/mol. The second kappa shape index (κ2) is 4.15. The zero-order valence-electron chi connectivity index (χ0n) is 9.78. The van der Waals surface area contributed by atoms with Gasteiger partial charge in [0.15, 0.2) is 0 Å². The number of aromatic carboxylic acids is 1. The molecule has 0 aromatic heterocycles. The molecular weight excluding hydrogens is 214 g/mol. The molecule has 1 unspecified atom stereocenters. The van der Waals surface area contributed by atoms with Crippen molar-refractivity contribution in [3.05, 3.63) is 34.9 Å². The maximum atomic E-state index is 10.9. The molecule has 1 aromatic rings. The molecule has 3 rings (SSSR count). The van der Waals surface area contributed by atoms with Crippen LogP contribution in [0.15, 0.2) is 18.2 Å². The average Bonchev–Trinajstić information content (AvgIpc) is 3.06. The normalized spacial score (nSPS) is 22.5. The number of nitrogens with one attached hydrogen (secondary N) is 1. The maximum absolute atomic E-state index is 10.9. The van der Waals surface area contributed by atoms with Gasteiger partial charge in [0.25, 0.3) is 0 Å². The van der Waals surface area contributed by atoms with Crippen LogP contribution in [0.3, 0.4) is 0 Å². The molecule has 1 saturated carbocycles. The van der Waals surface area contributed by atoms with Gasteiger partial charge >= 0.3 is 5.97 Å². The highest BCUT2D eigenvalue weighted by Crippen LogP contribution is 2.34. The van der Waals surface area contributed by atoms with Gasteiger partial charge in [-0.25, -0.2) is 4.79 Å². The van der Waals surface area contributed by atoms with Gasteiger partial charge in [0, 0.05) is 12.6 Å². The van der Waals surface area contributed by atoms with Crippen molar-refractivity contribution >= 4 is 5.97 Å². The third kappa shape index (κ3) is 2.20. The molecule has 2 N–H and O–H groups in total. The van der Waals surface area contributed by atoms with Crippen LogP contribution >= 0.6 is 0 Å². The Hall–Kier alpha value is -1.35. The first-order chi connectivity index (χ1) is 8.24. The van der Waals surface area contributed by atoms with Crippen LogP contribution in [0.4, 0.5) is 0 Å². The summed E-state index contributed by atoms with van der Waals surface area (Å²) in [6.07, 6.45) is 4.81. The number of hydrogen-bond donors (Lipinski definition) is 2. The Balaban J connectivity index is 1.75. The predicted molar refractivity (Wildman–Crippen MR) is 65.5 cm³/mol. The van der Waals surface area contributed by atoms with Crippen molar-refractivity contribution in [1.29, 1.82) is 0 Å². The first kappa shape index (κ1) is 10.8. The number of benzene rings is 1. The van der Waals surface area contributed by atoms with Crippen molar-refractivity contribution in [3.8, 4) is 0 Å². The number of aryl methyl sites for hydroxylation is 1. The number of carboxylic acid groups (broad SMARTS) is 1. The molecule has 3 nitrogen and oxygen atoms in total. The van der Waals surface area contributed by atoms with Gasteiger partial charge in [-0.2, -0.15) is 0 Å². The van der Waals surface area contributed by atoms with Crippen molar-refractivity contribution in [1.82, 2.24) is 5.32 Å². The van der Waals surface area contributed by atoms with Gasteiger partial charge in [0.2, 0.25) is 0 Å². The smallest absolute Gasteiger partial charge is 0.335 e. The largest absolute Gasteiger partial charge is 0.478 e. The number of rotatable bonds is 4. The van der Waals surface area contributed by atoms with E-state index in [0.29, 0.717) is 11.5 Å². The summed E-state index contributed by atoms with van der Waals surface area (Å²) in [5, 5.41) is 12.5. The van der Waals surface area contributed by atoms with Gasteiger partial charge < -0.3 is 10.4 Å². The molecule has 17 heavy (non-hydrogen) atoms. The van der Waals surface area contributed by atoms with Gasteiger partial charge in [-0.15, -0.1) is 0 Å². The number of fused-ring (bicyclic) bond motifs is 1. The molecule has 0 heterocycles. The highest BCUT2D eigenvalue weighted by molar-refractivity contribution is 5.88. The van der Waals surface area contributed by atoms with Crippen LogP contribution in [-0.2, 0) is 6.42 Å². The second-order valence-corrected chi connectivity index (χ2v) is 5.14. The van der Waals surface area contributed by atoms with Gasteiger partial charge in [-0.3, -0.25) is 0 Å². The molecule has 0 aliphatic heterocycles. The molecule has 0 radical (unpaired) electrons. The Bertz CT molecular complexity index is 452. The molecule has 2 aliphatic carbocycles. The van der Waals surface area contributed by atoms with Crippen LogP contribution in [0.5, 0.6) is 0 Å². The molecular formula is C14H17NO2. The van der Waals surface area contributed by atoms with E-state index in [1.807, 2.05) is 12.1 Å². The Morgan fingerprint density at radius 3 is 2.88 bits per heavy atom. The van der Waals surface area contributed by atoms with Gasteiger partial charge in [0.05, 0.1) is 5.56 Å². The van der Waals surface area contributed by atoms with Gasteiger partial charge in [0.1, 0.15) is 0 Å². The summed E-state index contributed by atoms with van der Waals surface area (Å²) in [7, 11) is 0. The summed E-state index contributed by atoms with van der Waals surface area (Å²) >= 11 is 0. The van der Waals surface area contributed by atoms with Crippen molar-refractivity contribution in [2.75, 3.05) is 6.54 Å². The van der Waals surface area contributed by atoms with E-state index in [0.717, 1.165) is 25.4 Å². The molecule has 0 bridgehead atoms. The van der Waals surface area contributed by atoms with Crippen LogP contribution < -0.4 is 5.32 Å². The minimum absolute atomic E-state index is 0.416. The SMILES string of the molecule is O=C(O)c1ccc2c(c1)CCC2CNC1CC1. The molecule has 1 aromatic carbocycles. The zero-order valence-corrected chi connectivity index (χ0v) is 9.78. The maximum Gasteiger partial charge on any atom is 0.335 e. The van der Waals surface area contributed by atoms with Crippen LogP contribution in [0.2, 0.25) is 0 Å². The molecule has 1 fully saturated rings. The Labute approximate surface area is 101 Å². The van der Waals surface area contributed by atoms with E-state index < -0.39 is 5.97 Å². The Morgan fingerprint density at radius 1 is 1.35 bits per heavy atom. The lowest BCUT2D eigenvalue weighted by molar-refractivity contribution is 0.0697. The number of carboxylic acids is 1. The molecule has 2 aliphatic rings. The zero-order chi connectivity index (χ0) is 11.8. The average molecular weight is 231 g/mol. The first-order valence-corrected chi connectivity index (χ1v) is 6.33. The van der Waals surface area contributed by atoms with Gasteiger partial charge in [-0.05, 0) is 54.9 Å². The number of carbonyl (C=O) groups is 1. The van der Waals surface area contributed by atoms with Crippen molar-refractivity contribution in [2.45, 2.75) is 37.6 Å². The lowest BCUT2D eigenvalue weighted by atomic mass is 10.00. The summed E-state index contributed by atoms with van der Waals surface area (Å²) in [5.41, 5.74) is 3.00. The fraction of sp³-hybridized carbons (Fsp3) is 0.500. The molecule has 90 valence electrons. The van der Waals surface area contributed by atoms with Crippen molar-refractivity contribution in [2.24, 2.45) is 0 Å². The van der Waals surface area contributed by atoms with E-state index in [2.05, 4.69) is 5.32 Å². The summed E-state index contributed by atoms with van der Waals surface area (Å²) in [6.45, 7) is 1.05. The van der Waals surface area contributed by atoms with E-state index >= 15 is 0 Å². The van der Waals surface area contributed by atoms with E-state index in [4.69, 9.17) is 5.11 Å². The lowest BCUT2D eigenvalue weighted by Crippen LogP contribution is -2.22. The minimum atomic E-state index is -0.827. The summed E-state index contributed by atoms with van der Waals surface area (Å²) in [6, 6.07) is 6.33. The minimum Gasteiger partial charge on any atom is -0.478 e. The van der Waals surface area contributed by atoms with Crippen molar-refractivity contribution < 1.29 is 9.90 Å². The molecule has 0 spiro atoms. The lowest BCUT2D eigenvalue weighted by Gasteiger charge is -2.12. The Kier molecular flexibility index (Phi) is 2.63. The fourth-order valence-electron chi connectivity index (χ4n) is 2.65. The van der Waals surface area contributed by atoms with E-state index in [9.17, 15) is 4.79 Å². The molecule has 0 amide bonds. The predicted octanol–water partition coefficient (Wildman–Crippen LogP) is 2.17. The van der Waals surface area contributed by atoms with E-state index in [1.54, 1.807) is 6.07 Å². The summed E-state index contributed by atoms with van der Waals surface area (Å²) in [4.78, 5) is 10.9. The summed E-state index contributed by atoms with van der Waals surface area (Å²) < 4.78 is 0. The quantitative estimate of drug-likeness (QED) is 0.835. The van der Waals surface area contributed by atoms with Crippen LogP contribution in [0, 0.1) is 0 Å². The highest BCUT2D eigenvalue weighted by atomic mass is 16.4. The third-order valence-corrected chi connectivity index (χ3v) is 3.82. The van der Waals surface area contributed by atoms with Crippen molar-refractivity contribution in [3.63, 3.8) is 0 Å². The van der Waals surface area contributed by atoms with Crippen LogP contribution in [-0.4, -0.2) is 23.7 Å². The summed E-state index contributed by atoms with van der Waals surface area (Å²) in [5.74, 6) is -0.249. The Morgan fingerprint density at radius 2 is 2.18 bits per heavy atom. The van der Waals surface area contributed by atoms with E-state index in [1.165, 1.54) is 24.0 Å². The highest BCUT2D eigenvalue weighted by Gasteiger charge is 2.26. The first-order valence-electron chi connectivity index (χ1n) is 6.33. The molecule has 0 saturated heterocycles. The van der Waals surface area contributed by atoms with Crippen LogP contribution in [0.25, 0.3) is 0 Å². The topological polar surface area (TPSA) is 49.3 Å². The molecule has 1 atom stereocenters.